The molecule has 0 spiro atoms. The number of fused-ring (bicyclic) bond motifs is 1. The Morgan fingerprint density at radius 1 is 1.29 bits per heavy atom. The van der Waals surface area contributed by atoms with Crippen molar-refractivity contribution in [3.8, 4) is 17.6 Å². The number of benzene rings is 1. The van der Waals surface area contributed by atoms with E-state index in [0.29, 0.717) is 5.52 Å². The Morgan fingerprint density at radius 3 is 2.71 bits per heavy atom. The van der Waals surface area contributed by atoms with Crippen LogP contribution in [0.1, 0.15) is 27.0 Å². The molecule has 1 unspecified atom stereocenters. The van der Waals surface area contributed by atoms with E-state index < -0.39 is 56.8 Å². The van der Waals surface area contributed by atoms with Crippen LogP contribution in [0.25, 0.3) is 11.2 Å². The number of hydrogen-bond donors (Lipinski definition) is 3. The lowest BCUT2D eigenvalue weighted by atomic mass is 9.94. The van der Waals surface area contributed by atoms with E-state index in [0.717, 1.165) is 0 Å². The molecular weight excluding hydrogens is 560 g/mol. The van der Waals surface area contributed by atoms with Crippen molar-refractivity contribution in [2.45, 2.75) is 50.9 Å². The van der Waals surface area contributed by atoms with Gasteiger partial charge in [0.05, 0.1) is 37.3 Å². The van der Waals surface area contributed by atoms with E-state index in [9.17, 15) is 24.0 Å². The first-order chi connectivity index (χ1) is 19.5. The van der Waals surface area contributed by atoms with Crippen LogP contribution in [0.2, 0.25) is 0 Å². The maximum atomic E-state index is 13.9. The van der Waals surface area contributed by atoms with Gasteiger partial charge in [-0.3, -0.25) is 13.9 Å². The number of ether oxygens (including phenoxy) is 2. The Morgan fingerprint density at radius 2 is 2.02 bits per heavy atom. The van der Waals surface area contributed by atoms with Gasteiger partial charge >= 0.3 is 13.6 Å². The zero-order valence-corrected chi connectivity index (χ0v) is 23.5. The van der Waals surface area contributed by atoms with Gasteiger partial charge in [-0.2, -0.15) is 4.98 Å². The minimum atomic E-state index is -4.09. The highest BCUT2D eigenvalue weighted by atomic mass is 31.2. The second-order valence-corrected chi connectivity index (χ2v) is 11.7. The minimum Gasteiger partial charge on any atom is -0.463 e. The van der Waals surface area contributed by atoms with Gasteiger partial charge in [-0.05, 0) is 26.0 Å². The summed E-state index contributed by atoms with van der Waals surface area (Å²) < 4.78 is 50.8. The van der Waals surface area contributed by atoms with Crippen molar-refractivity contribution in [2.75, 3.05) is 25.2 Å². The number of carbonyl (C=O) groups excluding carboxylic acids is 1. The summed E-state index contributed by atoms with van der Waals surface area (Å²) in [5.41, 5.74) is 3.82. The lowest BCUT2D eigenvalue weighted by Crippen LogP contribution is -2.46. The molecule has 0 saturated carbocycles. The van der Waals surface area contributed by atoms with Crippen LogP contribution < -0.4 is 10.3 Å². The first kappa shape index (κ1) is 30.4. The predicted octanol–water partition coefficient (Wildman–Crippen LogP) is 2.25. The van der Waals surface area contributed by atoms with Crippen molar-refractivity contribution in [3.05, 3.63) is 42.9 Å². The van der Waals surface area contributed by atoms with Crippen LogP contribution in [0, 0.1) is 17.8 Å². The number of aliphatic hydroxyl groups excluding tert-OH is 1. The molecule has 3 heterocycles. The van der Waals surface area contributed by atoms with E-state index in [4.69, 9.17) is 24.3 Å². The Balaban J connectivity index is 1.61. The number of para-hydroxylation sites is 1. The number of esters is 1. The van der Waals surface area contributed by atoms with Crippen molar-refractivity contribution in [3.63, 3.8) is 0 Å². The molecule has 1 fully saturated rings. The fourth-order valence-corrected chi connectivity index (χ4v) is 6.08. The molecule has 1 saturated heterocycles. The van der Waals surface area contributed by atoms with Crippen LogP contribution in [-0.4, -0.2) is 79.1 Å². The normalized spacial score (nSPS) is 24.4. The number of halogens is 1. The Kier molecular flexibility index (Phi) is 9.26. The molecular formula is C26H31FN5O8P. The van der Waals surface area contributed by atoms with Gasteiger partial charge in [0.2, 0.25) is 5.95 Å². The number of nitrogen functional groups attached to an aromatic ring is 1. The number of imidazole rings is 1. The number of rotatable bonds is 10. The molecule has 1 aromatic carbocycles. The van der Waals surface area contributed by atoms with Crippen LogP contribution in [-0.2, 0) is 23.4 Å². The number of nitrogens with zero attached hydrogens (tertiary/aromatic N) is 4. The molecule has 0 amide bonds. The van der Waals surface area contributed by atoms with E-state index in [1.807, 2.05) is 0 Å². The molecule has 220 valence electrons. The summed E-state index contributed by atoms with van der Waals surface area (Å²) in [4.78, 5) is 24.6. The molecule has 0 bridgehead atoms. The number of carbonyl (C=O) groups is 1. The second-order valence-electron chi connectivity index (χ2n) is 9.70. The van der Waals surface area contributed by atoms with Crippen molar-refractivity contribution >= 4 is 30.7 Å². The summed E-state index contributed by atoms with van der Waals surface area (Å²) in [6, 6.07) is 8.20. The maximum Gasteiger partial charge on any atom is 0.380 e. The third-order valence-electron chi connectivity index (χ3n) is 6.10. The van der Waals surface area contributed by atoms with Crippen LogP contribution in [0.4, 0.5) is 10.3 Å². The van der Waals surface area contributed by atoms with E-state index in [2.05, 4.69) is 26.8 Å². The summed E-state index contributed by atoms with van der Waals surface area (Å²) in [5.74, 6) is 3.12. The third-order valence-corrected chi connectivity index (χ3v) is 8.13. The lowest BCUT2D eigenvalue weighted by molar-refractivity contribution is -0.151. The number of alkyl halides is 1. The first-order valence-corrected chi connectivity index (χ1v) is 14.4. The molecule has 15 heteroatoms. The number of aliphatic hydroxyl groups is 2. The molecule has 3 aromatic rings. The van der Waals surface area contributed by atoms with Crippen LogP contribution in [0.3, 0.4) is 0 Å². The van der Waals surface area contributed by atoms with Gasteiger partial charge in [0.1, 0.15) is 30.1 Å². The summed E-state index contributed by atoms with van der Waals surface area (Å²) in [5, 5.41) is 22.5. The summed E-state index contributed by atoms with van der Waals surface area (Å²) in [7, 11) is -4.09. The molecule has 6 atom stereocenters. The largest absolute Gasteiger partial charge is 0.463 e. The summed E-state index contributed by atoms with van der Waals surface area (Å²) >= 11 is 0. The molecule has 13 nitrogen and oxygen atoms in total. The zero-order valence-electron chi connectivity index (χ0n) is 22.6. The van der Waals surface area contributed by atoms with E-state index >= 15 is 0 Å². The molecule has 1 aliphatic heterocycles. The van der Waals surface area contributed by atoms with Crippen molar-refractivity contribution < 1.29 is 42.5 Å². The average molecular weight is 592 g/mol. The first-order valence-electron chi connectivity index (χ1n) is 12.7. The number of anilines is 1. The molecule has 2 aromatic heterocycles. The Bertz CT molecular complexity index is 1480. The van der Waals surface area contributed by atoms with Gasteiger partial charge in [-0.1, -0.05) is 37.0 Å². The van der Waals surface area contributed by atoms with Gasteiger partial charge in [-0.25, -0.2) is 18.9 Å². The molecule has 0 radical (unpaired) electrons. The number of aromatic nitrogens is 4. The van der Waals surface area contributed by atoms with Gasteiger partial charge in [0, 0.05) is 0 Å². The third kappa shape index (κ3) is 6.83. The molecule has 1 aliphatic rings. The highest BCUT2D eigenvalue weighted by Crippen LogP contribution is 2.51. The summed E-state index contributed by atoms with van der Waals surface area (Å²) in [6.07, 6.45) is -2.66. The van der Waals surface area contributed by atoms with Gasteiger partial charge in [0.15, 0.2) is 17.5 Å². The van der Waals surface area contributed by atoms with Crippen molar-refractivity contribution in [2.24, 2.45) is 5.92 Å². The highest BCUT2D eigenvalue weighted by Gasteiger charge is 2.56. The predicted molar refractivity (Wildman–Crippen MR) is 144 cm³/mol. The Labute approximate surface area is 235 Å². The zero-order chi connectivity index (χ0) is 29.8. The smallest absolute Gasteiger partial charge is 0.380 e. The topological polar surface area (TPSA) is 181 Å². The fraction of sp³-hybridized carbons (Fsp3) is 0.462. The monoisotopic (exact) mass is 591 g/mol. The second kappa shape index (κ2) is 12.5. The standard InChI is InChI=1S/C26H31FN5O8P/c1-16(2)38-23(34)17(3)14-41(36,40-18-8-5-4-6-9-18)37-13-20-21(33)26(35,10-7-11-27)24(39-20)32-15-30-19-12-29-25(28)31-22(19)32/h4-6,8-9,12,15-17,20-21,24,33,35H,11,13-14H2,1-3H3,(H2,28,29,31)/t17-,20-,21+,24-,26?,41+/m1/s1. The quantitative estimate of drug-likeness (QED) is 0.178. The van der Waals surface area contributed by atoms with Crippen molar-refractivity contribution in [1.82, 2.24) is 19.5 Å². The number of hydrogen-bond acceptors (Lipinski definition) is 12. The molecule has 4 N–H and O–H groups in total. The average Bonchev–Trinajstić information content (AvgIpc) is 3.44. The van der Waals surface area contributed by atoms with E-state index in [1.165, 1.54) is 24.0 Å². The molecule has 0 aliphatic carbocycles. The van der Waals surface area contributed by atoms with E-state index in [1.54, 1.807) is 44.2 Å². The minimum absolute atomic E-state index is 0.0832. The van der Waals surface area contributed by atoms with Crippen LogP contribution in [0.5, 0.6) is 5.75 Å². The van der Waals surface area contributed by atoms with Gasteiger partial charge in [0.25, 0.3) is 0 Å². The van der Waals surface area contributed by atoms with Crippen LogP contribution in [0.15, 0.2) is 42.9 Å². The fourth-order valence-electron chi connectivity index (χ4n) is 4.21. The molecule has 4 rings (SSSR count). The molecule has 41 heavy (non-hydrogen) atoms. The summed E-state index contributed by atoms with van der Waals surface area (Å²) in [6.45, 7) is 3.24. The van der Waals surface area contributed by atoms with Gasteiger partial charge in [-0.15, -0.1) is 0 Å². The Hall–Kier alpha value is -3.60. The number of nitrogens with two attached hydrogens (primary N) is 1. The van der Waals surface area contributed by atoms with Crippen LogP contribution >= 0.6 is 7.60 Å². The van der Waals surface area contributed by atoms with Gasteiger partial charge < -0.3 is 29.9 Å². The maximum absolute atomic E-state index is 13.9. The lowest BCUT2D eigenvalue weighted by Gasteiger charge is -2.26. The highest BCUT2D eigenvalue weighted by molar-refractivity contribution is 7.54. The van der Waals surface area contributed by atoms with E-state index in [-0.39, 0.29) is 29.6 Å². The van der Waals surface area contributed by atoms with Crippen molar-refractivity contribution in [1.29, 1.82) is 0 Å². The SMILES string of the molecule is CC(C)OC(=O)[C@H](C)C[P@](=O)(OC[C@H]1O[C@@H](n2cnc3cnc(N)nc32)C(O)(C#CCF)[C@H]1O)Oc1ccccc1.